The predicted octanol–water partition coefficient (Wildman–Crippen LogP) is 3.34. The van der Waals surface area contributed by atoms with Crippen LogP contribution in [0.15, 0.2) is 0 Å². The molecular weight excluding hydrogens is 248 g/mol. The van der Waals surface area contributed by atoms with Gasteiger partial charge < -0.3 is 10.2 Å². The number of amides is 1. The highest BCUT2D eigenvalue weighted by Crippen LogP contribution is 2.36. The Bertz CT molecular complexity index is 296. The van der Waals surface area contributed by atoms with E-state index in [-0.39, 0.29) is 11.5 Å². The Morgan fingerprint density at radius 2 is 1.80 bits per heavy atom. The van der Waals surface area contributed by atoms with E-state index in [2.05, 4.69) is 24.1 Å². The minimum absolute atomic E-state index is 0.146. The Hall–Kier alpha value is -0.570. The van der Waals surface area contributed by atoms with Crippen molar-refractivity contribution in [3.8, 4) is 0 Å². The Morgan fingerprint density at radius 1 is 1.15 bits per heavy atom. The Labute approximate surface area is 124 Å². The minimum atomic E-state index is 0.146. The average molecular weight is 280 g/mol. The monoisotopic (exact) mass is 280 g/mol. The summed E-state index contributed by atoms with van der Waals surface area (Å²) in [6.07, 6.45) is 10.7. The summed E-state index contributed by atoms with van der Waals surface area (Å²) in [4.78, 5) is 15.3. The third kappa shape index (κ3) is 3.36. The third-order valence-electron chi connectivity index (χ3n) is 5.21. The van der Waals surface area contributed by atoms with Crippen LogP contribution in [-0.4, -0.2) is 36.0 Å². The first-order valence-electron chi connectivity index (χ1n) is 8.75. The van der Waals surface area contributed by atoms with E-state index in [0.717, 1.165) is 45.3 Å². The van der Waals surface area contributed by atoms with E-state index in [0.29, 0.717) is 5.91 Å². The lowest BCUT2D eigenvalue weighted by Gasteiger charge is -2.50. The van der Waals surface area contributed by atoms with Gasteiger partial charge >= 0.3 is 0 Å². The summed E-state index contributed by atoms with van der Waals surface area (Å²) in [6.45, 7) is 7.30. The summed E-state index contributed by atoms with van der Waals surface area (Å²) in [5.74, 6) is 0.721. The second-order valence-corrected chi connectivity index (χ2v) is 6.73. The molecule has 1 spiro atoms. The first-order chi connectivity index (χ1) is 9.73. The van der Waals surface area contributed by atoms with Crippen LogP contribution in [0, 0.1) is 5.92 Å². The van der Waals surface area contributed by atoms with Crippen LogP contribution >= 0.6 is 0 Å². The molecule has 0 aromatic carbocycles. The van der Waals surface area contributed by atoms with Crippen molar-refractivity contribution in [1.29, 1.82) is 0 Å². The average Bonchev–Trinajstić information content (AvgIpc) is 2.48. The van der Waals surface area contributed by atoms with Crippen LogP contribution in [0.1, 0.15) is 71.6 Å². The molecule has 1 saturated heterocycles. The van der Waals surface area contributed by atoms with Crippen molar-refractivity contribution in [2.45, 2.75) is 77.2 Å². The van der Waals surface area contributed by atoms with Gasteiger partial charge in [-0.3, -0.25) is 4.79 Å². The van der Waals surface area contributed by atoms with E-state index in [1.807, 2.05) is 0 Å². The second-order valence-electron chi connectivity index (χ2n) is 6.73. The van der Waals surface area contributed by atoms with Gasteiger partial charge in [0.05, 0.1) is 5.54 Å². The van der Waals surface area contributed by atoms with Gasteiger partial charge in [0, 0.05) is 25.6 Å². The van der Waals surface area contributed by atoms with Gasteiger partial charge in [-0.2, -0.15) is 0 Å². The molecule has 20 heavy (non-hydrogen) atoms. The van der Waals surface area contributed by atoms with Crippen LogP contribution < -0.4 is 5.32 Å². The highest BCUT2D eigenvalue weighted by molar-refractivity contribution is 5.80. The summed E-state index contributed by atoms with van der Waals surface area (Å²) < 4.78 is 0. The van der Waals surface area contributed by atoms with Crippen LogP contribution in [0.5, 0.6) is 0 Å². The summed E-state index contributed by atoms with van der Waals surface area (Å²) in [5.41, 5.74) is 0.146. The number of hydrogen-bond acceptors (Lipinski definition) is 2. The van der Waals surface area contributed by atoms with Gasteiger partial charge in [-0.25, -0.2) is 0 Å². The van der Waals surface area contributed by atoms with Crippen molar-refractivity contribution in [2.75, 3.05) is 19.6 Å². The number of nitrogens with one attached hydrogen (secondary N) is 1. The molecule has 1 saturated carbocycles. The fraction of sp³-hybridized carbons (Fsp3) is 0.941. The van der Waals surface area contributed by atoms with Crippen molar-refractivity contribution < 1.29 is 4.79 Å². The summed E-state index contributed by atoms with van der Waals surface area (Å²) in [7, 11) is 0. The largest absolute Gasteiger partial charge is 0.334 e. The molecule has 1 amide bonds. The van der Waals surface area contributed by atoms with E-state index in [4.69, 9.17) is 0 Å². The van der Waals surface area contributed by atoms with Crippen LogP contribution in [-0.2, 0) is 4.79 Å². The van der Waals surface area contributed by atoms with Crippen molar-refractivity contribution in [3.05, 3.63) is 0 Å². The Balaban J connectivity index is 2.11. The van der Waals surface area contributed by atoms with Crippen LogP contribution in [0.3, 0.4) is 0 Å². The molecule has 2 aliphatic rings. The smallest absolute Gasteiger partial charge is 0.226 e. The molecule has 116 valence electrons. The molecule has 1 N–H and O–H groups in total. The molecule has 0 aromatic heterocycles. The number of carbonyl (C=O) groups excluding carboxylic acids is 1. The molecule has 1 heterocycles. The van der Waals surface area contributed by atoms with Gasteiger partial charge in [-0.15, -0.1) is 0 Å². The van der Waals surface area contributed by atoms with E-state index in [1.165, 1.54) is 32.1 Å². The molecule has 0 atom stereocenters. The van der Waals surface area contributed by atoms with Gasteiger partial charge in [-0.05, 0) is 25.7 Å². The van der Waals surface area contributed by atoms with E-state index in [1.54, 1.807) is 0 Å². The number of rotatable bonds is 5. The normalized spacial score (nSPS) is 22.4. The predicted molar refractivity (Wildman–Crippen MR) is 83.7 cm³/mol. The number of carbonyl (C=O) groups is 1. The molecule has 0 radical (unpaired) electrons. The lowest BCUT2D eigenvalue weighted by atomic mass is 9.78. The fourth-order valence-electron chi connectivity index (χ4n) is 4.15. The second kappa shape index (κ2) is 7.44. The summed E-state index contributed by atoms with van der Waals surface area (Å²) in [5, 5.41) is 3.54. The highest BCUT2D eigenvalue weighted by atomic mass is 16.2. The highest BCUT2D eigenvalue weighted by Gasteiger charge is 2.43. The molecule has 3 nitrogen and oxygen atoms in total. The van der Waals surface area contributed by atoms with Gasteiger partial charge in [0.1, 0.15) is 0 Å². The van der Waals surface area contributed by atoms with E-state index >= 15 is 0 Å². The zero-order valence-corrected chi connectivity index (χ0v) is 13.4. The fourth-order valence-corrected chi connectivity index (χ4v) is 4.15. The number of hydrogen-bond donors (Lipinski definition) is 1. The maximum absolute atomic E-state index is 13.0. The third-order valence-corrected chi connectivity index (χ3v) is 5.21. The maximum Gasteiger partial charge on any atom is 0.226 e. The maximum atomic E-state index is 13.0. The van der Waals surface area contributed by atoms with Crippen molar-refractivity contribution >= 4 is 5.91 Å². The lowest BCUT2D eigenvalue weighted by molar-refractivity contribution is -0.146. The summed E-state index contributed by atoms with van der Waals surface area (Å²) >= 11 is 0. The van der Waals surface area contributed by atoms with Gasteiger partial charge in [0.2, 0.25) is 5.91 Å². The molecule has 0 bridgehead atoms. The van der Waals surface area contributed by atoms with Crippen LogP contribution in [0.25, 0.3) is 0 Å². The zero-order chi connectivity index (χ0) is 14.4. The molecule has 0 unspecified atom stereocenters. The first-order valence-corrected chi connectivity index (χ1v) is 8.75. The SMILES string of the molecule is CCCC(CCC)C(=O)N1CCNCC12CCCCC2. The molecular formula is C17H32N2O. The lowest BCUT2D eigenvalue weighted by Crippen LogP contribution is -2.64. The van der Waals surface area contributed by atoms with Crippen LogP contribution in [0.4, 0.5) is 0 Å². The molecule has 1 aliphatic carbocycles. The summed E-state index contributed by atoms with van der Waals surface area (Å²) in [6, 6.07) is 0. The standard InChI is InChI=1S/C17H32N2O/c1-3-8-15(9-4-2)16(20)19-13-12-18-14-17(19)10-6-5-7-11-17/h15,18H,3-14H2,1-2H3. The minimum Gasteiger partial charge on any atom is -0.334 e. The molecule has 0 aromatic rings. The van der Waals surface area contributed by atoms with Crippen LogP contribution in [0.2, 0.25) is 0 Å². The molecule has 3 heteroatoms. The molecule has 2 rings (SSSR count). The van der Waals surface area contributed by atoms with Crippen molar-refractivity contribution in [1.82, 2.24) is 10.2 Å². The number of nitrogens with zero attached hydrogens (tertiary/aromatic N) is 1. The number of piperazine rings is 1. The first kappa shape index (κ1) is 15.8. The molecule has 1 aliphatic heterocycles. The topological polar surface area (TPSA) is 32.3 Å². The molecule has 2 fully saturated rings. The Kier molecular flexibility index (Phi) is 5.88. The van der Waals surface area contributed by atoms with Gasteiger partial charge in [0.15, 0.2) is 0 Å². The quantitative estimate of drug-likeness (QED) is 0.837. The van der Waals surface area contributed by atoms with Gasteiger partial charge in [-0.1, -0.05) is 46.0 Å². The van der Waals surface area contributed by atoms with E-state index in [9.17, 15) is 4.79 Å². The van der Waals surface area contributed by atoms with Crippen molar-refractivity contribution in [3.63, 3.8) is 0 Å². The van der Waals surface area contributed by atoms with Gasteiger partial charge in [0.25, 0.3) is 0 Å². The Morgan fingerprint density at radius 3 is 2.40 bits per heavy atom. The zero-order valence-electron chi connectivity index (χ0n) is 13.4. The van der Waals surface area contributed by atoms with Crippen molar-refractivity contribution in [2.24, 2.45) is 5.92 Å². The van der Waals surface area contributed by atoms with E-state index < -0.39 is 0 Å².